The van der Waals surface area contributed by atoms with Crippen molar-refractivity contribution in [2.24, 2.45) is 0 Å². The van der Waals surface area contributed by atoms with Crippen LogP contribution in [0.3, 0.4) is 0 Å². The lowest BCUT2D eigenvalue weighted by Crippen LogP contribution is -2.41. The Morgan fingerprint density at radius 3 is 2.86 bits per heavy atom. The van der Waals surface area contributed by atoms with Crippen molar-refractivity contribution in [2.75, 3.05) is 31.7 Å². The molecule has 0 aromatic carbocycles. The smallest absolute Gasteiger partial charge is 0.186 e. The van der Waals surface area contributed by atoms with Crippen molar-refractivity contribution >= 4 is 16.5 Å². The van der Waals surface area contributed by atoms with Gasteiger partial charge >= 0.3 is 0 Å². The lowest BCUT2D eigenvalue weighted by Gasteiger charge is -2.30. The molecule has 0 spiro atoms. The molecule has 0 saturated carbocycles. The van der Waals surface area contributed by atoms with E-state index in [0.29, 0.717) is 6.61 Å². The number of thiazole rings is 1. The van der Waals surface area contributed by atoms with Gasteiger partial charge in [-0.2, -0.15) is 0 Å². The van der Waals surface area contributed by atoms with Crippen LogP contribution < -0.4 is 10.2 Å². The molecule has 5 nitrogen and oxygen atoms in total. The molecule has 21 heavy (non-hydrogen) atoms. The standard InChI is InChI=1S/C15H27N3O2S/c1-11-9-18(6-7-20-11)14-17-12(10-19-5)13(21-14)8-16-15(2,3)4/h11,16H,6-10H2,1-5H3. The number of nitrogens with zero attached hydrogens (tertiary/aromatic N) is 2. The average Bonchev–Trinajstić information content (AvgIpc) is 2.79. The van der Waals surface area contributed by atoms with Gasteiger partial charge in [0.1, 0.15) is 0 Å². The SMILES string of the molecule is COCc1nc(N2CCOC(C)C2)sc1CNC(C)(C)C. The Bertz CT molecular complexity index is 456. The number of morpholine rings is 1. The Hall–Kier alpha value is -0.690. The molecule has 2 rings (SSSR count). The predicted octanol–water partition coefficient (Wildman–Crippen LogP) is 2.40. The van der Waals surface area contributed by atoms with Gasteiger partial charge in [-0.1, -0.05) is 0 Å². The quantitative estimate of drug-likeness (QED) is 0.904. The monoisotopic (exact) mass is 313 g/mol. The van der Waals surface area contributed by atoms with Crippen LogP contribution in [-0.2, 0) is 22.6 Å². The van der Waals surface area contributed by atoms with Crippen LogP contribution in [0.25, 0.3) is 0 Å². The van der Waals surface area contributed by atoms with E-state index in [1.165, 1.54) is 4.88 Å². The van der Waals surface area contributed by atoms with Gasteiger partial charge in [0, 0.05) is 37.2 Å². The lowest BCUT2D eigenvalue weighted by atomic mass is 10.1. The molecule has 1 aromatic heterocycles. The highest BCUT2D eigenvalue weighted by Crippen LogP contribution is 2.28. The van der Waals surface area contributed by atoms with Gasteiger partial charge in [0.25, 0.3) is 0 Å². The summed E-state index contributed by atoms with van der Waals surface area (Å²) in [5.74, 6) is 0. The van der Waals surface area contributed by atoms with E-state index in [1.807, 2.05) is 0 Å². The molecule has 0 radical (unpaired) electrons. The molecule has 0 aliphatic carbocycles. The Morgan fingerprint density at radius 2 is 2.24 bits per heavy atom. The summed E-state index contributed by atoms with van der Waals surface area (Å²) in [5.41, 5.74) is 1.15. The maximum absolute atomic E-state index is 5.60. The summed E-state index contributed by atoms with van der Waals surface area (Å²) < 4.78 is 10.9. The van der Waals surface area contributed by atoms with Crippen molar-refractivity contribution in [3.63, 3.8) is 0 Å². The minimum absolute atomic E-state index is 0.0992. The molecule has 6 heteroatoms. The predicted molar refractivity (Wildman–Crippen MR) is 87.0 cm³/mol. The number of hydrogen-bond donors (Lipinski definition) is 1. The molecular weight excluding hydrogens is 286 g/mol. The number of hydrogen-bond acceptors (Lipinski definition) is 6. The van der Waals surface area contributed by atoms with E-state index >= 15 is 0 Å². The van der Waals surface area contributed by atoms with Crippen molar-refractivity contribution in [3.05, 3.63) is 10.6 Å². The van der Waals surface area contributed by atoms with E-state index in [-0.39, 0.29) is 11.6 Å². The van der Waals surface area contributed by atoms with Crippen LogP contribution in [0.15, 0.2) is 0 Å². The van der Waals surface area contributed by atoms with E-state index < -0.39 is 0 Å². The maximum Gasteiger partial charge on any atom is 0.186 e. The fraction of sp³-hybridized carbons (Fsp3) is 0.800. The normalized spacial score (nSPS) is 20.0. The fourth-order valence-electron chi connectivity index (χ4n) is 2.23. The van der Waals surface area contributed by atoms with Crippen LogP contribution in [0.1, 0.15) is 38.3 Å². The Morgan fingerprint density at radius 1 is 1.48 bits per heavy atom. The van der Waals surface area contributed by atoms with Gasteiger partial charge in [0.05, 0.1) is 25.0 Å². The molecule has 1 fully saturated rings. The number of anilines is 1. The largest absolute Gasteiger partial charge is 0.378 e. The first-order chi connectivity index (χ1) is 9.89. The Labute approximate surface area is 131 Å². The first-order valence-corrected chi connectivity index (χ1v) is 8.30. The summed E-state index contributed by atoms with van der Waals surface area (Å²) in [6.45, 7) is 12.6. The van der Waals surface area contributed by atoms with E-state index in [2.05, 4.69) is 37.9 Å². The summed E-state index contributed by atoms with van der Waals surface area (Å²) in [7, 11) is 1.72. The van der Waals surface area contributed by atoms with Crippen LogP contribution in [0.2, 0.25) is 0 Å². The third kappa shape index (κ3) is 4.92. The summed E-state index contributed by atoms with van der Waals surface area (Å²) >= 11 is 1.77. The molecular formula is C15H27N3O2S. The van der Waals surface area contributed by atoms with E-state index in [0.717, 1.165) is 37.1 Å². The molecule has 1 aromatic rings. The molecule has 0 amide bonds. The topological polar surface area (TPSA) is 46.6 Å². The van der Waals surface area contributed by atoms with Crippen molar-refractivity contribution in [3.8, 4) is 0 Å². The van der Waals surface area contributed by atoms with Gasteiger partial charge in [0.15, 0.2) is 5.13 Å². The van der Waals surface area contributed by atoms with E-state index in [4.69, 9.17) is 14.5 Å². The zero-order chi connectivity index (χ0) is 15.5. The molecule has 2 heterocycles. The van der Waals surface area contributed by atoms with E-state index in [9.17, 15) is 0 Å². The number of methoxy groups -OCH3 is 1. The minimum atomic E-state index is 0.0992. The van der Waals surface area contributed by atoms with Gasteiger partial charge in [-0.05, 0) is 27.7 Å². The van der Waals surface area contributed by atoms with Crippen LogP contribution in [-0.4, -0.2) is 43.4 Å². The molecule has 1 aliphatic rings. The Kier molecular flexibility index (Phi) is 5.60. The van der Waals surface area contributed by atoms with Crippen LogP contribution >= 0.6 is 11.3 Å². The minimum Gasteiger partial charge on any atom is -0.378 e. The third-order valence-electron chi connectivity index (χ3n) is 3.34. The highest BCUT2D eigenvalue weighted by Gasteiger charge is 2.22. The second kappa shape index (κ2) is 7.05. The third-order valence-corrected chi connectivity index (χ3v) is 4.50. The second-order valence-corrected chi connectivity index (χ2v) is 7.59. The Balaban J connectivity index is 2.12. The number of rotatable bonds is 5. The first-order valence-electron chi connectivity index (χ1n) is 7.48. The number of nitrogens with one attached hydrogen (secondary N) is 1. The molecule has 1 N–H and O–H groups in total. The first kappa shape index (κ1) is 16.7. The summed E-state index contributed by atoms with van der Waals surface area (Å²) in [6.07, 6.45) is 0.268. The molecule has 1 aliphatic heterocycles. The lowest BCUT2D eigenvalue weighted by molar-refractivity contribution is 0.0532. The van der Waals surface area contributed by atoms with Gasteiger partial charge in [0.2, 0.25) is 0 Å². The average molecular weight is 313 g/mol. The number of ether oxygens (including phenoxy) is 2. The molecule has 0 bridgehead atoms. The second-order valence-electron chi connectivity index (χ2n) is 6.53. The van der Waals surface area contributed by atoms with Crippen LogP contribution in [0, 0.1) is 0 Å². The molecule has 1 saturated heterocycles. The summed E-state index contributed by atoms with van der Waals surface area (Å²) in [4.78, 5) is 8.37. The van der Waals surface area contributed by atoms with Gasteiger partial charge in [-0.15, -0.1) is 11.3 Å². The highest BCUT2D eigenvalue weighted by molar-refractivity contribution is 7.15. The van der Waals surface area contributed by atoms with Crippen LogP contribution in [0.5, 0.6) is 0 Å². The fourth-order valence-corrected chi connectivity index (χ4v) is 3.27. The van der Waals surface area contributed by atoms with Gasteiger partial charge < -0.3 is 19.7 Å². The van der Waals surface area contributed by atoms with Gasteiger partial charge in [-0.3, -0.25) is 0 Å². The summed E-state index contributed by atoms with van der Waals surface area (Å²) in [6, 6.07) is 0. The maximum atomic E-state index is 5.60. The highest BCUT2D eigenvalue weighted by atomic mass is 32.1. The molecule has 120 valence electrons. The van der Waals surface area contributed by atoms with Crippen molar-refractivity contribution in [1.29, 1.82) is 0 Å². The number of aromatic nitrogens is 1. The van der Waals surface area contributed by atoms with Crippen molar-refractivity contribution < 1.29 is 9.47 Å². The van der Waals surface area contributed by atoms with Crippen molar-refractivity contribution in [2.45, 2.75) is 52.5 Å². The zero-order valence-corrected chi connectivity index (χ0v) is 14.5. The van der Waals surface area contributed by atoms with E-state index in [1.54, 1.807) is 18.4 Å². The van der Waals surface area contributed by atoms with Gasteiger partial charge in [-0.25, -0.2) is 4.98 Å². The van der Waals surface area contributed by atoms with Crippen molar-refractivity contribution in [1.82, 2.24) is 10.3 Å². The molecule has 1 unspecified atom stereocenters. The summed E-state index contributed by atoms with van der Waals surface area (Å²) in [5, 5.41) is 4.62. The zero-order valence-electron chi connectivity index (χ0n) is 13.7. The van der Waals surface area contributed by atoms with Crippen LogP contribution in [0.4, 0.5) is 5.13 Å². The molecule has 1 atom stereocenters.